The lowest BCUT2D eigenvalue weighted by Gasteiger charge is -2.13. The number of nitrogen functional groups attached to an aromatic ring is 1. The molecule has 2 rings (SSSR count). The first-order chi connectivity index (χ1) is 8.15. The summed E-state index contributed by atoms with van der Waals surface area (Å²) >= 11 is 0. The molecule has 0 aliphatic heterocycles. The zero-order valence-electron chi connectivity index (χ0n) is 10.9. The van der Waals surface area contributed by atoms with Gasteiger partial charge >= 0.3 is 0 Å². The molecule has 106 valence electrons. The number of anilines is 2. The lowest BCUT2D eigenvalue weighted by atomic mass is 10.2. The highest BCUT2D eigenvalue weighted by atomic mass is 35.5. The zero-order valence-corrected chi connectivity index (χ0v) is 12.5. The average Bonchev–Trinajstić information content (AvgIpc) is 2.36. The lowest BCUT2D eigenvalue weighted by Crippen LogP contribution is -2.13. The number of halogens is 2. The molecule has 1 aromatic carbocycles. The first-order valence-corrected chi connectivity index (χ1v) is 5.15. The fourth-order valence-electron chi connectivity index (χ4n) is 1.53. The third kappa shape index (κ3) is 3.50. The number of nitrogens with two attached hydrogens (primary N) is 1. The summed E-state index contributed by atoms with van der Waals surface area (Å²) in [6.07, 6.45) is 0. The van der Waals surface area contributed by atoms with Gasteiger partial charge in [0.15, 0.2) is 0 Å². The van der Waals surface area contributed by atoms with Crippen molar-refractivity contribution in [2.45, 2.75) is 0 Å². The number of hydrazine groups is 1. The van der Waals surface area contributed by atoms with Crippen LogP contribution in [-0.4, -0.2) is 31.2 Å². The van der Waals surface area contributed by atoms with Gasteiger partial charge in [-0.1, -0.05) is 0 Å². The number of nitrogens with zero attached hydrogens (tertiary/aromatic N) is 3. The molecule has 0 saturated carbocycles. The molecule has 0 fully saturated rings. The summed E-state index contributed by atoms with van der Waals surface area (Å²) in [5.41, 5.74) is 4.17. The second-order valence-electron chi connectivity index (χ2n) is 3.80. The van der Waals surface area contributed by atoms with E-state index < -0.39 is 0 Å². The maximum atomic E-state index is 5.37. The number of benzene rings is 1. The van der Waals surface area contributed by atoms with E-state index in [2.05, 4.69) is 15.4 Å². The summed E-state index contributed by atoms with van der Waals surface area (Å²) in [6, 6.07) is 5.58. The number of nitrogens with one attached hydrogen (secondary N) is 1. The van der Waals surface area contributed by atoms with Crippen LogP contribution in [0.4, 0.5) is 11.6 Å². The van der Waals surface area contributed by atoms with Gasteiger partial charge in [-0.25, -0.2) is 4.98 Å². The summed E-state index contributed by atoms with van der Waals surface area (Å²) in [4.78, 5) is 10.6. The third-order valence-electron chi connectivity index (χ3n) is 2.41. The first kappa shape index (κ1) is 17.5. The standard InChI is InChI=1S/C11H15N5O.2ClH/c1-16(2)11-13-9-6-7(15-12)4-5-8(9)10(14-11)17-3;;/h4-6,15H,12H2,1-3H3;2*1H. The van der Waals surface area contributed by atoms with E-state index in [-0.39, 0.29) is 24.8 Å². The van der Waals surface area contributed by atoms with Crippen molar-refractivity contribution in [3.05, 3.63) is 18.2 Å². The van der Waals surface area contributed by atoms with Gasteiger partial charge in [0.25, 0.3) is 0 Å². The van der Waals surface area contributed by atoms with Crippen LogP contribution in [0.3, 0.4) is 0 Å². The molecule has 2 aromatic rings. The summed E-state index contributed by atoms with van der Waals surface area (Å²) in [5, 5.41) is 0.858. The SMILES string of the molecule is COc1nc(N(C)C)nc2cc(NN)ccc12.Cl.Cl. The largest absolute Gasteiger partial charge is 0.480 e. The van der Waals surface area contributed by atoms with Gasteiger partial charge in [-0.2, -0.15) is 4.98 Å². The highest BCUT2D eigenvalue weighted by molar-refractivity contribution is 5.87. The van der Waals surface area contributed by atoms with Gasteiger partial charge in [-0.3, -0.25) is 5.84 Å². The van der Waals surface area contributed by atoms with Gasteiger partial charge in [0.2, 0.25) is 11.8 Å². The second kappa shape index (κ2) is 7.18. The quantitative estimate of drug-likeness (QED) is 0.665. The molecule has 1 aromatic heterocycles. The van der Waals surface area contributed by atoms with Crippen LogP contribution in [0.1, 0.15) is 0 Å². The predicted molar refractivity (Wildman–Crippen MR) is 82.7 cm³/mol. The molecule has 0 unspecified atom stereocenters. The van der Waals surface area contributed by atoms with E-state index in [0.29, 0.717) is 11.8 Å². The van der Waals surface area contributed by atoms with Crippen molar-refractivity contribution >= 4 is 47.4 Å². The van der Waals surface area contributed by atoms with Crippen molar-refractivity contribution in [2.75, 3.05) is 31.5 Å². The molecule has 0 aliphatic carbocycles. The minimum absolute atomic E-state index is 0. The average molecular weight is 306 g/mol. The summed E-state index contributed by atoms with van der Waals surface area (Å²) < 4.78 is 5.26. The Bertz CT molecular complexity index is 550. The smallest absolute Gasteiger partial charge is 0.228 e. The highest BCUT2D eigenvalue weighted by Gasteiger charge is 2.09. The monoisotopic (exact) mass is 305 g/mol. The molecule has 0 spiro atoms. The molecular weight excluding hydrogens is 289 g/mol. The second-order valence-corrected chi connectivity index (χ2v) is 3.80. The van der Waals surface area contributed by atoms with E-state index in [9.17, 15) is 0 Å². The lowest BCUT2D eigenvalue weighted by molar-refractivity contribution is 0.403. The Morgan fingerprint density at radius 1 is 1.21 bits per heavy atom. The van der Waals surface area contributed by atoms with Crippen LogP contribution in [0.2, 0.25) is 0 Å². The van der Waals surface area contributed by atoms with Gasteiger partial charge < -0.3 is 15.1 Å². The summed E-state index contributed by atoms with van der Waals surface area (Å²) in [7, 11) is 5.35. The van der Waals surface area contributed by atoms with Crippen molar-refractivity contribution in [2.24, 2.45) is 5.84 Å². The molecule has 8 heteroatoms. The Hall–Kier alpha value is -1.50. The van der Waals surface area contributed by atoms with E-state index in [1.807, 2.05) is 37.2 Å². The van der Waals surface area contributed by atoms with E-state index in [4.69, 9.17) is 10.6 Å². The van der Waals surface area contributed by atoms with Crippen molar-refractivity contribution in [3.63, 3.8) is 0 Å². The molecule has 0 radical (unpaired) electrons. The van der Waals surface area contributed by atoms with Crippen molar-refractivity contribution in [3.8, 4) is 5.88 Å². The van der Waals surface area contributed by atoms with Crippen LogP contribution in [-0.2, 0) is 0 Å². The predicted octanol–water partition coefficient (Wildman–Crippen LogP) is 1.83. The molecule has 0 aliphatic rings. The molecule has 6 nitrogen and oxygen atoms in total. The normalized spacial score (nSPS) is 9.26. The molecule has 19 heavy (non-hydrogen) atoms. The van der Waals surface area contributed by atoms with Crippen LogP contribution in [0.25, 0.3) is 10.9 Å². The number of hydrogen-bond acceptors (Lipinski definition) is 6. The van der Waals surface area contributed by atoms with Crippen molar-refractivity contribution < 1.29 is 4.74 Å². The molecule has 0 amide bonds. The number of methoxy groups -OCH3 is 1. The number of rotatable bonds is 3. The number of fused-ring (bicyclic) bond motifs is 1. The molecule has 0 saturated heterocycles. The van der Waals surface area contributed by atoms with E-state index >= 15 is 0 Å². The Kier molecular flexibility index (Phi) is 6.61. The van der Waals surface area contributed by atoms with Gasteiger partial charge in [-0.05, 0) is 18.2 Å². The van der Waals surface area contributed by atoms with Crippen LogP contribution >= 0.6 is 24.8 Å². The van der Waals surface area contributed by atoms with E-state index in [1.165, 1.54) is 0 Å². The minimum atomic E-state index is 0. The molecule has 0 atom stereocenters. The van der Waals surface area contributed by atoms with Crippen LogP contribution in [0.15, 0.2) is 18.2 Å². The molecule has 0 bridgehead atoms. The molecule has 3 N–H and O–H groups in total. The fraction of sp³-hybridized carbons (Fsp3) is 0.273. The highest BCUT2D eigenvalue weighted by Crippen LogP contribution is 2.26. The number of ether oxygens (including phenoxy) is 1. The maximum absolute atomic E-state index is 5.37. The fourth-order valence-corrected chi connectivity index (χ4v) is 1.53. The Morgan fingerprint density at radius 3 is 2.42 bits per heavy atom. The summed E-state index contributed by atoms with van der Waals surface area (Å²) in [5.74, 6) is 6.53. The topological polar surface area (TPSA) is 76.3 Å². The molecular formula is C11H17Cl2N5O. The minimum Gasteiger partial charge on any atom is -0.480 e. The summed E-state index contributed by atoms with van der Waals surface area (Å²) in [6.45, 7) is 0. The maximum Gasteiger partial charge on any atom is 0.228 e. The number of aromatic nitrogens is 2. The Morgan fingerprint density at radius 2 is 1.89 bits per heavy atom. The van der Waals surface area contributed by atoms with Gasteiger partial charge in [0.1, 0.15) is 0 Å². The van der Waals surface area contributed by atoms with Crippen LogP contribution < -0.4 is 20.9 Å². The zero-order chi connectivity index (χ0) is 12.4. The van der Waals surface area contributed by atoms with Crippen LogP contribution in [0.5, 0.6) is 5.88 Å². The van der Waals surface area contributed by atoms with Gasteiger partial charge in [0.05, 0.1) is 23.7 Å². The number of hydrogen-bond donors (Lipinski definition) is 2. The Labute approximate surface area is 124 Å². The van der Waals surface area contributed by atoms with Gasteiger partial charge in [0, 0.05) is 14.1 Å². The van der Waals surface area contributed by atoms with Crippen molar-refractivity contribution in [1.82, 2.24) is 9.97 Å². The Balaban J connectivity index is 0.00000162. The third-order valence-corrected chi connectivity index (χ3v) is 2.41. The van der Waals surface area contributed by atoms with Crippen molar-refractivity contribution in [1.29, 1.82) is 0 Å². The molecule has 1 heterocycles. The first-order valence-electron chi connectivity index (χ1n) is 5.15. The van der Waals surface area contributed by atoms with Gasteiger partial charge in [-0.15, -0.1) is 24.8 Å². The van der Waals surface area contributed by atoms with E-state index in [1.54, 1.807) is 7.11 Å². The van der Waals surface area contributed by atoms with E-state index in [0.717, 1.165) is 16.6 Å². The van der Waals surface area contributed by atoms with Crippen LogP contribution in [0, 0.1) is 0 Å².